The average molecular weight is 325 g/mol. The average Bonchev–Trinajstić information content (AvgIpc) is 3.30. The van der Waals surface area contributed by atoms with E-state index >= 15 is 0 Å². The van der Waals surface area contributed by atoms with E-state index in [2.05, 4.69) is 38.8 Å². The Kier molecular flexibility index (Phi) is 2.79. The van der Waals surface area contributed by atoms with E-state index in [0.717, 1.165) is 36.7 Å². The highest BCUT2D eigenvalue weighted by atomic mass is 16.5. The van der Waals surface area contributed by atoms with Crippen LogP contribution in [0.3, 0.4) is 0 Å². The quantitative estimate of drug-likeness (QED) is 0.714. The first-order valence-electron chi connectivity index (χ1n) is 8.22. The molecule has 24 heavy (non-hydrogen) atoms. The number of imidazole rings is 1. The molecule has 2 saturated heterocycles. The fraction of sp³-hybridized carbons (Fsp3) is 0.471. The number of anilines is 1. The second-order valence-corrected chi connectivity index (χ2v) is 6.83. The third kappa shape index (κ3) is 1.78. The van der Waals surface area contributed by atoms with Gasteiger partial charge in [-0.3, -0.25) is 0 Å². The van der Waals surface area contributed by atoms with Crippen molar-refractivity contribution >= 4 is 17.0 Å². The Morgan fingerprint density at radius 2 is 2.12 bits per heavy atom. The minimum Gasteiger partial charge on any atom is -0.425 e. The molecule has 0 unspecified atom stereocenters. The van der Waals surface area contributed by atoms with Gasteiger partial charge in [0.05, 0.1) is 29.7 Å². The van der Waals surface area contributed by atoms with Gasteiger partial charge in [0.2, 0.25) is 17.7 Å². The Balaban J connectivity index is 1.56. The van der Waals surface area contributed by atoms with Gasteiger partial charge in [-0.15, -0.1) is 10.2 Å². The lowest BCUT2D eigenvalue weighted by Crippen LogP contribution is -2.36. The Hall–Kier alpha value is -2.41. The molecule has 2 fully saturated rings. The molecule has 124 valence electrons. The minimum atomic E-state index is -0.223. The topological polar surface area (TPSA) is 69.2 Å². The van der Waals surface area contributed by atoms with Crippen LogP contribution < -0.4 is 4.90 Å². The third-order valence-electron chi connectivity index (χ3n) is 5.37. The van der Waals surface area contributed by atoms with Crippen molar-refractivity contribution in [1.29, 1.82) is 0 Å². The molecule has 0 aliphatic carbocycles. The molecule has 7 heteroatoms. The second kappa shape index (κ2) is 4.80. The van der Waals surface area contributed by atoms with Crippen LogP contribution in [0.15, 0.2) is 28.7 Å². The number of rotatable bonds is 2. The van der Waals surface area contributed by atoms with Crippen LogP contribution in [0, 0.1) is 12.8 Å². The number of hydrogen-bond acceptors (Lipinski definition) is 6. The smallest absolute Gasteiger partial charge is 0.227 e. The molecule has 1 aromatic carbocycles. The fourth-order valence-corrected chi connectivity index (χ4v) is 4.10. The number of benzene rings is 1. The van der Waals surface area contributed by atoms with Gasteiger partial charge in [-0.25, -0.2) is 4.98 Å². The van der Waals surface area contributed by atoms with E-state index in [1.54, 1.807) is 0 Å². The summed E-state index contributed by atoms with van der Waals surface area (Å²) in [6.45, 7) is 4.85. The van der Waals surface area contributed by atoms with Crippen molar-refractivity contribution in [3.63, 3.8) is 0 Å². The van der Waals surface area contributed by atoms with Gasteiger partial charge in [-0.05, 0) is 12.1 Å². The van der Waals surface area contributed by atoms with Gasteiger partial charge >= 0.3 is 0 Å². The van der Waals surface area contributed by atoms with Crippen molar-refractivity contribution in [2.75, 3.05) is 31.2 Å². The van der Waals surface area contributed by atoms with Crippen LogP contribution in [-0.2, 0) is 17.2 Å². The number of ether oxygens (including phenoxy) is 1. The maximum atomic E-state index is 5.79. The number of para-hydroxylation sites is 2. The predicted molar refractivity (Wildman–Crippen MR) is 87.9 cm³/mol. The number of aryl methyl sites for hydroxylation is 2. The summed E-state index contributed by atoms with van der Waals surface area (Å²) in [5.41, 5.74) is 1.94. The third-order valence-corrected chi connectivity index (χ3v) is 5.37. The van der Waals surface area contributed by atoms with Crippen molar-refractivity contribution in [1.82, 2.24) is 19.7 Å². The van der Waals surface area contributed by atoms with Gasteiger partial charge in [0.1, 0.15) is 0 Å². The SMILES string of the molecule is Cc1nnc([C@@]23COC[C@@H]2CN(c2nc4ccccc4n2C)C3)o1. The van der Waals surface area contributed by atoms with E-state index < -0.39 is 0 Å². The van der Waals surface area contributed by atoms with Gasteiger partial charge in [-0.1, -0.05) is 12.1 Å². The number of fused-ring (bicyclic) bond motifs is 2. The van der Waals surface area contributed by atoms with E-state index in [4.69, 9.17) is 14.1 Å². The first-order chi connectivity index (χ1) is 11.7. The summed E-state index contributed by atoms with van der Waals surface area (Å²) in [6.07, 6.45) is 0. The van der Waals surface area contributed by atoms with Crippen LogP contribution in [0.5, 0.6) is 0 Å². The Labute approximate surface area is 139 Å². The monoisotopic (exact) mass is 325 g/mol. The van der Waals surface area contributed by atoms with Gasteiger partial charge in [0.15, 0.2) is 0 Å². The van der Waals surface area contributed by atoms with Crippen LogP contribution >= 0.6 is 0 Å². The highest BCUT2D eigenvalue weighted by molar-refractivity contribution is 5.78. The molecule has 0 N–H and O–H groups in total. The molecular formula is C17H19N5O2. The molecule has 2 atom stereocenters. The van der Waals surface area contributed by atoms with Crippen molar-refractivity contribution in [2.45, 2.75) is 12.3 Å². The highest BCUT2D eigenvalue weighted by Crippen LogP contribution is 2.44. The number of aromatic nitrogens is 4. The second-order valence-electron chi connectivity index (χ2n) is 6.83. The molecule has 0 radical (unpaired) electrons. The van der Waals surface area contributed by atoms with E-state index in [0.29, 0.717) is 24.3 Å². The molecule has 0 amide bonds. The maximum absolute atomic E-state index is 5.79. The van der Waals surface area contributed by atoms with E-state index in [9.17, 15) is 0 Å². The molecule has 2 aliphatic rings. The Morgan fingerprint density at radius 3 is 2.92 bits per heavy atom. The van der Waals surface area contributed by atoms with Crippen LogP contribution in [0.2, 0.25) is 0 Å². The summed E-state index contributed by atoms with van der Waals surface area (Å²) in [7, 11) is 2.07. The van der Waals surface area contributed by atoms with Crippen molar-refractivity contribution in [2.24, 2.45) is 13.0 Å². The van der Waals surface area contributed by atoms with Gasteiger partial charge in [-0.2, -0.15) is 0 Å². The van der Waals surface area contributed by atoms with Crippen LogP contribution in [-0.4, -0.2) is 46.1 Å². The molecule has 2 aromatic heterocycles. The summed E-state index contributed by atoms with van der Waals surface area (Å²) in [4.78, 5) is 7.16. The van der Waals surface area contributed by atoms with E-state index in [-0.39, 0.29) is 5.41 Å². The number of hydrogen-bond donors (Lipinski definition) is 0. The summed E-state index contributed by atoms with van der Waals surface area (Å²) in [5.74, 6) is 2.63. The van der Waals surface area contributed by atoms with Gasteiger partial charge < -0.3 is 18.6 Å². The molecular weight excluding hydrogens is 306 g/mol. The van der Waals surface area contributed by atoms with Gasteiger partial charge in [0, 0.05) is 33.0 Å². The zero-order valence-electron chi connectivity index (χ0n) is 13.8. The molecule has 0 spiro atoms. The number of nitrogens with zero attached hydrogens (tertiary/aromatic N) is 5. The Bertz CT molecular complexity index is 917. The van der Waals surface area contributed by atoms with Crippen molar-refractivity contribution in [3.05, 3.63) is 36.0 Å². The summed E-state index contributed by atoms with van der Waals surface area (Å²) < 4.78 is 13.7. The lowest BCUT2D eigenvalue weighted by atomic mass is 9.81. The predicted octanol–water partition coefficient (Wildman–Crippen LogP) is 1.67. The summed E-state index contributed by atoms with van der Waals surface area (Å²) in [6, 6.07) is 8.22. The lowest BCUT2D eigenvalue weighted by Gasteiger charge is -2.23. The molecule has 0 saturated carbocycles. The first kappa shape index (κ1) is 14.0. The fourth-order valence-electron chi connectivity index (χ4n) is 4.10. The largest absolute Gasteiger partial charge is 0.425 e. The minimum absolute atomic E-state index is 0.223. The normalized spacial score (nSPS) is 26.4. The summed E-state index contributed by atoms with van der Waals surface area (Å²) in [5, 5.41) is 8.33. The molecule has 4 heterocycles. The molecule has 5 rings (SSSR count). The standard InChI is InChI=1S/C17H19N5O2/c1-11-19-20-15(24-11)17-9-22(7-12(17)8-23-10-17)16-18-13-5-3-4-6-14(13)21(16)2/h3-6,12H,7-10H2,1-2H3/t12-,17-/m0/s1. The summed E-state index contributed by atoms with van der Waals surface area (Å²) >= 11 is 0. The maximum Gasteiger partial charge on any atom is 0.227 e. The molecule has 0 bridgehead atoms. The van der Waals surface area contributed by atoms with Gasteiger partial charge in [0.25, 0.3) is 0 Å². The molecule has 2 aliphatic heterocycles. The Morgan fingerprint density at radius 1 is 1.25 bits per heavy atom. The molecule has 3 aromatic rings. The van der Waals surface area contributed by atoms with Crippen molar-refractivity contribution in [3.8, 4) is 0 Å². The van der Waals surface area contributed by atoms with Crippen LogP contribution in [0.4, 0.5) is 5.95 Å². The lowest BCUT2D eigenvalue weighted by molar-refractivity contribution is 0.166. The van der Waals surface area contributed by atoms with E-state index in [1.165, 1.54) is 0 Å². The zero-order valence-corrected chi connectivity index (χ0v) is 13.8. The van der Waals surface area contributed by atoms with Crippen LogP contribution in [0.25, 0.3) is 11.0 Å². The van der Waals surface area contributed by atoms with E-state index in [1.807, 2.05) is 19.1 Å². The highest BCUT2D eigenvalue weighted by Gasteiger charge is 2.56. The molecule has 7 nitrogen and oxygen atoms in total. The zero-order chi connectivity index (χ0) is 16.3. The van der Waals surface area contributed by atoms with Crippen molar-refractivity contribution < 1.29 is 9.15 Å². The first-order valence-corrected chi connectivity index (χ1v) is 8.22. The van der Waals surface area contributed by atoms with Crippen LogP contribution in [0.1, 0.15) is 11.8 Å².